The molecule has 0 aromatic heterocycles. The number of rotatable bonds is 10. The Bertz CT molecular complexity index is 956. The van der Waals surface area contributed by atoms with Gasteiger partial charge >= 0.3 is 11.9 Å². The van der Waals surface area contributed by atoms with Gasteiger partial charge in [0.2, 0.25) is 0 Å². The molecule has 33 heavy (non-hydrogen) atoms. The minimum absolute atomic E-state index is 0.113. The number of allylic oxidation sites excluding steroid dienone is 1. The molecule has 0 saturated heterocycles. The van der Waals surface area contributed by atoms with Crippen molar-refractivity contribution in [3.8, 4) is 5.75 Å². The molecule has 0 aliphatic rings. The van der Waals surface area contributed by atoms with Crippen LogP contribution in [-0.4, -0.2) is 37.3 Å². The van der Waals surface area contributed by atoms with Gasteiger partial charge in [-0.3, -0.25) is 0 Å². The van der Waals surface area contributed by atoms with Crippen LogP contribution in [0.5, 0.6) is 5.75 Å². The van der Waals surface area contributed by atoms with Crippen LogP contribution in [0.4, 0.5) is 0 Å². The zero-order valence-electron chi connectivity index (χ0n) is 20.0. The van der Waals surface area contributed by atoms with E-state index < -0.39 is 23.6 Å². The van der Waals surface area contributed by atoms with Gasteiger partial charge in [-0.15, -0.1) is 0 Å². The fourth-order valence-electron chi connectivity index (χ4n) is 2.96. The average Bonchev–Trinajstić information content (AvgIpc) is 2.79. The molecule has 2 rings (SSSR count). The van der Waals surface area contributed by atoms with Crippen LogP contribution in [0, 0.1) is 0 Å². The summed E-state index contributed by atoms with van der Waals surface area (Å²) in [5.41, 5.74) is 1.46. The van der Waals surface area contributed by atoms with Crippen molar-refractivity contribution in [2.45, 2.75) is 45.8 Å². The van der Waals surface area contributed by atoms with Gasteiger partial charge in [-0.25, -0.2) is 9.59 Å². The van der Waals surface area contributed by atoms with Crippen molar-refractivity contribution in [1.29, 1.82) is 0 Å². The minimum atomic E-state index is -0.767. The number of benzene rings is 2. The van der Waals surface area contributed by atoms with Gasteiger partial charge in [-0.2, -0.15) is 0 Å². The molecule has 0 radical (unpaired) electrons. The highest BCUT2D eigenvalue weighted by atomic mass is 16.6. The Morgan fingerprint density at radius 1 is 1.03 bits per heavy atom. The number of methoxy groups -OCH3 is 1. The minimum Gasteiger partial charge on any atom is -0.497 e. The number of carbonyl (C=O) groups is 2. The second-order valence-electron chi connectivity index (χ2n) is 8.40. The largest absolute Gasteiger partial charge is 0.497 e. The molecule has 1 atom stereocenters. The summed E-state index contributed by atoms with van der Waals surface area (Å²) in [7, 11) is 1.60. The Labute approximate surface area is 196 Å². The normalized spacial score (nSPS) is 12.8. The molecule has 0 heterocycles. The van der Waals surface area contributed by atoms with E-state index in [1.165, 1.54) is 0 Å². The molecule has 6 nitrogen and oxygen atoms in total. The molecule has 0 fully saturated rings. The zero-order chi connectivity index (χ0) is 24.3. The lowest BCUT2D eigenvalue weighted by Crippen LogP contribution is -2.44. The predicted molar refractivity (Wildman–Crippen MR) is 130 cm³/mol. The highest BCUT2D eigenvalue weighted by Crippen LogP contribution is 2.16. The van der Waals surface area contributed by atoms with Crippen LogP contribution in [-0.2, 0) is 25.5 Å². The molecule has 0 bridgehead atoms. The van der Waals surface area contributed by atoms with Crippen LogP contribution in [0.1, 0.15) is 38.8 Å². The number of hydrogen-bond acceptors (Lipinski definition) is 6. The van der Waals surface area contributed by atoms with E-state index in [-0.39, 0.29) is 12.3 Å². The first kappa shape index (κ1) is 25.7. The van der Waals surface area contributed by atoms with E-state index in [2.05, 4.69) is 5.32 Å². The third-order valence-electron chi connectivity index (χ3n) is 4.55. The Morgan fingerprint density at radius 2 is 1.70 bits per heavy atom. The van der Waals surface area contributed by atoms with E-state index in [0.29, 0.717) is 6.42 Å². The van der Waals surface area contributed by atoms with Crippen molar-refractivity contribution < 1.29 is 23.8 Å². The fourth-order valence-corrected chi connectivity index (χ4v) is 2.96. The van der Waals surface area contributed by atoms with Crippen molar-refractivity contribution >= 4 is 18.0 Å². The Morgan fingerprint density at radius 3 is 2.27 bits per heavy atom. The highest BCUT2D eigenvalue weighted by molar-refractivity contribution is 5.89. The van der Waals surface area contributed by atoms with Gasteiger partial charge in [0.05, 0.1) is 7.11 Å². The van der Waals surface area contributed by atoms with Crippen molar-refractivity contribution in [2.75, 3.05) is 13.7 Å². The van der Waals surface area contributed by atoms with Gasteiger partial charge in [-0.05, 0) is 57.0 Å². The van der Waals surface area contributed by atoms with Crippen LogP contribution >= 0.6 is 0 Å². The number of carbonyl (C=O) groups excluding carboxylic acids is 2. The summed E-state index contributed by atoms with van der Waals surface area (Å²) in [6.07, 6.45) is 5.57. The lowest BCUT2D eigenvalue weighted by Gasteiger charge is -2.25. The van der Waals surface area contributed by atoms with Crippen LogP contribution < -0.4 is 10.1 Å². The van der Waals surface area contributed by atoms with Gasteiger partial charge in [0, 0.05) is 6.42 Å². The van der Waals surface area contributed by atoms with Crippen molar-refractivity contribution in [3.63, 3.8) is 0 Å². The molecular formula is C27H33NO5. The lowest BCUT2D eigenvalue weighted by atomic mass is 10.0. The molecule has 0 unspecified atom stereocenters. The predicted octanol–water partition coefficient (Wildman–Crippen LogP) is 4.70. The number of hydrogen-bond donors (Lipinski definition) is 1. The SMILES string of the molecule is C/C=C(\N[C@@H](Cc1ccc(OC)cc1)C(=O)OC(C)(C)C)C(=O)OCC=Cc1ccccc1. The van der Waals surface area contributed by atoms with E-state index in [0.717, 1.165) is 16.9 Å². The molecule has 0 aliphatic carbocycles. The quantitative estimate of drug-likeness (QED) is 0.417. The number of nitrogens with one attached hydrogen (secondary N) is 1. The van der Waals surface area contributed by atoms with Gasteiger partial charge < -0.3 is 19.5 Å². The topological polar surface area (TPSA) is 73.9 Å². The molecule has 0 amide bonds. The third-order valence-corrected chi connectivity index (χ3v) is 4.55. The second kappa shape index (κ2) is 12.5. The van der Waals surface area contributed by atoms with E-state index in [4.69, 9.17) is 14.2 Å². The highest BCUT2D eigenvalue weighted by Gasteiger charge is 2.27. The van der Waals surface area contributed by atoms with Gasteiger partial charge in [0.25, 0.3) is 0 Å². The summed E-state index contributed by atoms with van der Waals surface area (Å²) in [5.74, 6) is -0.269. The summed E-state index contributed by atoms with van der Waals surface area (Å²) in [4.78, 5) is 25.5. The summed E-state index contributed by atoms with van der Waals surface area (Å²) < 4.78 is 16.1. The molecule has 0 aliphatic heterocycles. The van der Waals surface area contributed by atoms with Crippen molar-refractivity contribution in [2.24, 2.45) is 0 Å². The first-order valence-electron chi connectivity index (χ1n) is 10.9. The average molecular weight is 452 g/mol. The molecule has 0 spiro atoms. The van der Waals surface area contributed by atoms with Crippen LogP contribution in [0.15, 0.2) is 72.4 Å². The maximum absolute atomic E-state index is 12.9. The summed E-state index contributed by atoms with van der Waals surface area (Å²) in [5, 5.41) is 3.02. The van der Waals surface area contributed by atoms with E-state index in [9.17, 15) is 9.59 Å². The smallest absolute Gasteiger partial charge is 0.354 e. The fraction of sp³-hybridized carbons (Fsp3) is 0.333. The first-order chi connectivity index (χ1) is 15.7. The van der Waals surface area contributed by atoms with Gasteiger partial charge in [0.15, 0.2) is 0 Å². The molecule has 176 valence electrons. The number of ether oxygens (including phenoxy) is 3. The zero-order valence-corrected chi connectivity index (χ0v) is 20.0. The van der Waals surface area contributed by atoms with Crippen molar-refractivity contribution in [1.82, 2.24) is 5.32 Å². The molecule has 2 aromatic carbocycles. The third kappa shape index (κ3) is 9.23. The monoisotopic (exact) mass is 451 g/mol. The summed E-state index contributed by atoms with van der Waals surface area (Å²) >= 11 is 0. The molecule has 6 heteroatoms. The van der Waals surface area contributed by atoms with E-state index in [1.807, 2.05) is 60.7 Å². The van der Waals surface area contributed by atoms with E-state index >= 15 is 0 Å². The second-order valence-corrected chi connectivity index (χ2v) is 8.40. The molecule has 0 saturated carbocycles. The van der Waals surface area contributed by atoms with Crippen LogP contribution in [0.3, 0.4) is 0 Å². The lowest BCUT2D eigenvalue weighted by molar-refractivity contribution is -0.157. The molecule has 2 aromatic rings. The molecule has 1 N–H and O–H groups in total. The van der Waals surface area contributed by atoms with Gasteiger partial charge in [0.1, 0.15) is 29.7 Å². The van der Waals surface area contributed by atoms with Crippen LogP contribution in [0.25, 0.3) is 6.08 Å². The Hall–Kier alpha value is -3.54. The van der Waals surface area contributed by atoms with E-state index in [1.54, 1.807) is 47.0 Å². The van der Waals surface area contributed by atoms with Crippen molar-refractivity contribution in [3.05, 3.63) is 83.6 Å². The summed E-state index contributed by atoms with van der Waals surface area (Å²) in [6.45, 7) is 7.24. The standard InChI is InChI=1S/C27H33NO5/c1-6-23(25(29)32-18-10-13-20-11-8-7-9-12-20)28-24(26(30)33-27(2,3)4)19-21-14-16-22(31-5)17-15-21/h6-17,24,28H,18-19H2,1-5H3/b13-10?,23-6-/t24-/m0/s1. The van der Waals surface area contributed by atoms with Gasteiger partial charge in [-0.1, -0.05) is 54.6 Å². The van der Waals surface area contributed by atoms with Crippen LogP contribution in [0.2, 0.25) is 0 Å². The maximum atomic E-state index is 12.9. The Kier molecular flexibility index (Phi) is 9.73. The maximum Gasteiger partial charge on any atom is 0.354 e. The summed E-state index contributed by atoms with van der Waals surface area (Å²) in [6, 6.07) is 16.4. The number of esters is 2. The first-order valence-corrected chi connectivity index (χ1v) is 10.9. The molecular weight excluding hydrogens is 418 g/mol. The Balaban J connectivity index is 2.06.